The summed E-state index contributed by atoms with van der Waals surface area (Å²) in [6, 6.07) is 4.69. The molecule has 0 radical (unpaired) electrons. The molecule has 0 saturated heterocycles. The summed E-state index contributed by atoms with van der Waals surface area (Å²) in [5, 5.41) is 0. The van der Waals surface area contributed by atoms with E-state index in [1.807, 2.05) is 0 Å². The van der Waals surface area contributed by atoms with Gasteiger partial charge in [-0.05, 0) is 12.1 Å². The van der Waals surface area contributed by atoms with Crippen LogP contribution in [0.15, 0.2) is 18.2 Å². The molecule has 1 aromatic rings. The molecule has 4 nitrogen and oxygen atoms in total. The van der Waals surface area contributed by atoms with Gasteiger partial charge in [0.15, 0.2) is 5.78 Å². The van der Waals surface area contributed by atoms with Crippen LogP contribution in [-0.2, 0) is 0 Å². The highest BCUT2D eigenvalue weighted by Gasteiger charge is 2.23. The molecule has 0 bridgehead atoms. The summed E-state index contributed by atoms with van der Waals surface area (Å²) in [6.45, 7) is 0.465. The van der Waals surface area contributed by atoms with E-state index in [9.17, 15) is 4.79 Å². The van der Waals surface area contributed by atoms with Gasteiger partial charge in [-0.25, -0.2) is 0 Å². The molecule has 4 heteroatoms. The lowest BCUT2D eigenvalue weighted by molar-refractivity contribution is 0.0960. The number of ether oxygens (including phenoxy) is 2. The lowest BCUT2D eigenvalue weighted by Crippen LogP contribution is -2.30. The highest BCUT2D eigenvalue weighted by Crippen LogP contribution is 2.28. The molecular weight excluding hydrogens is 194 g/mol. The van der Waals surface area contributed by atoms with E-state index in [0.29, 0.717) is 30.1 Å². The van der Waals surface area contributed by atoms with Gasteiger partial charge >= 0.3 is 0 Å². The van der Waals surface area contributed by atoms with E-state index in [0.717, 1.165) is 0 Å². The number of fused-ring (bicyclic) bond motifs is 1. The van der Waals surface area contributed by atoms with Gasteiger partial charge in [0.1, 0.15) is 11.5 Å². The predicted molar refractivity (Wildman–Crippen MR) is 55.4 cm³/mol. The van der Waals surface area contributed by atoms with Gasteiger partial charge in [0, 0.05) is 12.5 Å². The minimum atomic E-state index is -0.459. The molecule has 2 N–H and O–H groups in total. The Hall–Kier alpha value is -1.55. The molecule has 1 aromatic carbocycles. The highest BCUT2D eigenvalue weighted by molar-refractivity contribution is 6.02. The van der Waals surface area contributed by atoms with E-state index in [4.69, 9.17) is 15.2 Å². The molecule has 80 valence electrons. The summed E-state index contributed by atoms with van der Waals surface area (Å²) in [5.74, 6) is 1.18. The monoisotopic (exact) mass is 207 g/mol. The van der Waals surface area contributed by atoms with Gasteiger partial charge in [-0.3, -0.25) is 4.79 Å². The van der Waals surface area contributed by atoms with Gasteiger partial charge < -0.3 is 15.2 Å². The summed E-state index contributed by atoms with van der Waals surface area (Å²) in [6.07, 6.45) is 0.551. The van der Waals surface area contributed by atoms with Gasteiger partial charge in [0.25, 0.3) is 0 Å². The van der Waals surface area contributed by atoms with Gasteiger partial charge in [-0.2, -0.15) is 0 Å². The number of Topliss-reactive ketones (excluding diaryl/α,β-unsaturated/α-hetero) is 1. The van der Waals surface area contributed by atoms with Gasteiger partial charge in [-0.1, -0.05) is 0 Å². The molecule has 1 atom stereocenters. The zero-order chi connectivity index (χ0) is 10.8. The summed E-state index contributed by atoms with van der Waals surface area (Å²) in [4.78, 5) is 11.8. The minimum Gasteiger partial charge on any atom is -0.497 e. The molecule has 0 aliphatic carbocycles. The lowest BCUT2D eigenvalue weighted by atomic mass is 10.0. The van der Waals surface area contributed by atoms with Crippen molar-refractivity contribution in [2.45, 2.75) is 12.5 Å². The lowest BCUT2D eigenvalue weighted by Gasteiger charge is -2.08. The Morgan fingerprint density at radius 1 is 1.53 bits per heavy atom. The topological polar surface area (TPSA) is 61.6 Å². The molecule has 0 amide bonds. The van der Waals surface area contributed by atoms with Crippen LogP contribution in [0.3, 0.4) is 0 Å². The number of hydrogen-bond donors (Lipinski definition) is 1. The highest BCUT2D eigenvalue weighted by atomic mass is 16.5. The van der Waals surface area contributed by atoms with Crippen molar-refractivity contribution in [1.29, 1.82) is 0 Å². The van der Waals surface area contributed by atoms with E-state index in [1.165, 1.54) is 0 Å². The predicted octanol–water partition coefficient (Wildman–Crippen LogP) is 0.988. The largest absolute Gasteiger partial charge is 0.497 e. The number of benzene rings is 1. The number of carbonyl (C=O) groups is 1. The Morgan fingerprint density at radius 3 is 3.07 bits per heavy atom. The third-order valence-electron chi connectivity index (χ3n) is 2.48. The summed E-state index contributed by atoms with van der Waals surface area (Å²) in [7, 11) is 1.58. The number of methoxy groups -OCH3 is 1. The van der Waals surface area contributed by atoms with Crippen LogP contribution in [0.4, 0.5) is 0 Å². The number of carbonyl (C=O) groups excluding carboxylic acids is 1. The third kappa shape index (κ3) is 1.80. The Balaban J connectivity index is 2.44. The summed E-state index contributed by atoms with van der Waals surface area (Å²) in [5.41, 5.74) is 6.25. The van der Waals surface area contributed by atoms with E-state index >= 15 is 0 Å². The first kappa shape index (κ1) is 9.98. The first-order chi connectivity index (χ1) is 7.22. The molecular formula is C11H13NO3. The summed E-state index contributed by atoms with van der Waals surface area (Å²) < 4.78 is 10.5. The molecule has 0 spiro atoms. The fourth-order valence-corrected chi connectivity index (χ4v) is 1.58. The third-order valence-corrected chi connectivity index (χ3v) is 2.48. The number of nitrogens with two attached hydrogens (primary N) is 1. The maximum absolute atomic E-state index is 11.8. The molecule has 15 heavy (non-hydrogen) atoms. The van der Waals surface area contributed by atoms with Crippen LogP contribution in [0.1, 0.15) is 16.8 Å². The molecule has 1 heterocycles. The Morgan fingerprint density at radius 2 is 2.33 bits per heavy atom. The zero-order valence-electron chi connectivity index (χ0n) is 8.53. The molecule has 1 aliphatic rings. The first-order valence-electron chi connectivity index (χ1n) is 4.83. The van der Waals surface area contributed by atoms with Crippen LogP contribution < -0.4 is 15.2 Å². The van der Waals surface area contributed by atoms with Gasteiger partial charge in [0.2, 0.25) is 0 Å². The first-order valence-corrected chi connectivity index (χ1v) is 4.83. The average Bonchev–Trinajstić information content (AvgIpc) is 2.40. The second-order valence-electron chi connectivity index (χ2n) is 3.47. The minimum absolute atomic E-state index is 0.0647. The SMILES string of the molecule is COc1ccc2c(c1)OCCC(N)C2=O. The van der Waals surface area contributed by atoms with Crippen LogP contribution in [0.25, 0.3) is 0 Å². The van der Waals surface area contributed by atoms with Crippen molar-refractivity contribution >= 4 is 5.78 Å². The average molecular weight is 207 g/mol. The second kappa shape index (κ2) is 3.90. The van der Waals surface area contributed by atoms with Crippen LogP contribution in [0, 0.1) is 0 Å². The number of ketones is 1. The molecule has 2 rings (SSSR count). The smallest absolute Gasteiger partial charge is 0.183 e. The second-order valence-corrected chi connectivity index (χ2v) is 3.47. The van der Waals surface area contributed by atoms with Gasteiger partial charge in [0.05, 0.1) is 25.3 Å². The number of rotatable bonds is 1. The number of hydrogen-bond acceptors (Lipinski definition) is 4. The van der Waals surface area contributed by atoms with Crippen molar-refractivity contribution in [1.82, 2.24) is 0 Å². The van der Waals surface area contributed by atoms with Gasteiger partial charge in [-0.15, -0.1) is 0 Å². The molecule has 1 unspecified atom stereocenters. The maximum atomic E-state index is 11.8. The van der Waals surface area contributed by atoms with E-state index in [2.05, 4.69) is 0 Å². The molecule has 0 saturated carbocycles. The fraction of sp³-hybridized carbons (Fsp3) is 0.364. The van der Waals surface area contributed by atoms with Crippen LogP contribution >= 0.6 is 0 Å². The van der Waals surface area contributed by atoms with Crippen molar-refractivity contribution < 1.29 is 14.3 Å². The Kier molecular flexibility index (Phi) is 2.60. The van der Waals surface area contributed by atoms with Crippen LogP contribution in [0.5, 0.6) is 11.5 Å². The van der Waals surface area contributed by atoms with E-state index in [-0.39, 0.29) is 5.78 Å². The van der Waals surface area contributed by atoms with Crippen molar-refractivity contribution in [3.05, 3.63) is 23.8 Å². The van der Waals surface area contributed by atoms with E-state index in [1.54, 1.807) is 25.3 Å². The molecule has 0 fully saturated rings. The van der Waals surface area contributed by atoms with Crippen molar-refractivity contribution in [3.8, 4) is 11.5 Å². The van der Waals surface area contributed by atoms with Crippen molar-refractivity contribution in [2.75, 3.05) is 13.7 Å². The van der Waals surface area contributed by atoms with Crippen molar-refractivity contribution in [2.24, 2.45) is 5.73 Å². The van der Waals surface area contributed by atoms with Crippen LogP contribution in [-0.4, -0.2) is 25.5 Å². The molecule has 1 aliphatic heterocycles. The van der Waals surface area contributed by atoms with Crippen LogP contribution in [0.2, 0.25) is 0 Å². The zero-order valence-corrected chi connectivity index (χ0v) is 8.53. The summed E-state index contributed by atoms with van der Waals surface area (Å²) >= 11 is 0. The normalized spacial score (nSPS) is 20.1. The molecule has 0 aromatic heterocycles. The Bertz CT molecular complexity index is 389. The van der Waals surface area contributed by atoms with E-state index < -0.39 is 6.04 Å². The quantitative estimate of drug-likeness (QED) is 0.745. The maximum Gasteiger partial charge on any atom is 0.183 e. The van der Waals surface area contributed by atoms with Crippen molar-refractivity contribution in [3.63, 3.8) is 0 Å². The standard InChI is InChI=1S/C11H13NO3/c1-14-7-2-3-8-10(6-7)15-5-4-9(12)11(8)13/h2-3,6,9H,4-5,12H2,1H3. The fourth-order valence-electron chi connectivity index (χ4n) is 1.58. The Labute approximate surface area is 88.0 Å².